The fourth-order valence-electron chi connectivity index (χ4n) is 1.95. The highest BCUT2D eigenvalue weighted by molar-refractivity contribution is 7.08. The number of hydrogen-bond acceptors (Lipinski definition) is 3. The molecule has 0 radical (unpaired) electrons. The number of nitrogens with two attached hydrogens (primary N) is 1. The van der Waals surface area contributed by atoms with Gasteiger partial charge in [0.2, 0.25) is 0 Å². The molecule has 1 aromatic carbocycles. The van der Waals surface area contributed by atoms with Crippen molar-refractivity contribution in [1.29, 1.82) is 0 Å². The molecule has 1 unspecified atom stereocenters. The minimum absolute atomic E-state index is 0.328. The number of thiophene rings is 1. The standard InChI is InChI=1S/C15H20N2S/c1-12-9-18-10-13(12)8-17-11-15(2,16)14-6-4-3-5-7-14/h3-7,9-10,17H,8,11,16H2,1-2H3. The normalized spacial score (nSPS) is 14.4. The molecule has 3 heteroatoms. The van der Waals surface area contributed by atoms with E-state index < -0.39 is 0 Å². The molecular formula is C15H20N2S. The maximum atomic E-state index is 6.36. The Kier molecular flexibility index (Phi) is 4.17. The molecule has 2 aromatic rings. The van der Waals surface area contributed by atoms with Crippen LogP contribution in [0.15, 0.2) is 41.1 Å². The van der Waals surface area contributed by atoms with Gasteiger partial charge in [0.15, 0.2) is 0 Å². The predicted octanol–water partition coefficient (Wildman–Crippen LogP) is 3.02. The second-order valence-corrected chi connectivity index (χ2v) is 5.71. The third-order valence-electron chi connectivity index (χ3n) is 3.20. The first-order valence-corrected chi connectivity index (χ1v) is 7.11. The number of aryl methyl sites for hydroxylation is 1. The van der Waals surface area contributed by atoms with Crippen LogP contribution in [0.4, 0.5) is 0 Å². The van der Waals surface area contributed by atoms with E-state index in [0.717, 1.165) is 13.1 Å². The van der Waals surface area contributed by atoms with Gasteiger partial charge in [-0.15, -0.1) is 0 Å². The summed E-state index contributed by atoms with van der Waals surface area (Å²) < 4.78 is 0. The third kappa shape index (κ3) is 3.19. The predicted molar refractivity (Wildman–Crippen MR) is 78.7 cm³/mol. The zero-order valence-electron chi connectivity index (χ0n) is 10.9. The second-order valence-electron chi connectivity index (χ2n) is 4.97. The first-order valence-electron chi connectivity index (χ1n) is 6.16. The number of nitrogens with one attached hydrogen (secondary N) is 1. The van der Waals surface area contributed by atoms with Crippen LogP contribution in [0.3, 0.4) is 0 Å². The molecule has 0 aliphatic carbocycles. The topological polar surface area (TPSA) is 38.0 Å². The van der Waals surface area contributed by atoms with Gasteiger partial charge in [-0.25, -0.2) is 0 Å². The average Bonchev–Trinajstić information content (AvgIpc) is 2.76. The van der Waals surface area contributed by atoms with E-state index >= 15 is 0 Å². The zero-order valence-corrected chi connectivity index (χ0v) is 11.8. The van der Waals surface area contributed by atoms with Crippen molar-refractivity contribution in [1.82, 2.24) is 5.32 Å². The van der Waals surface area contributed by atoms with Gasteiger partial charge in [-0.1, -0.05) is 30.3 Å². The van der Waals surface area contributed by atoms with Gasteiger partial charge in [-0.05, 0) is 41.3 Å². The van der Waals surface area contributed by atoms with E-state index in [2.05, 4.69) is 42.1 Å². The van der Waals surface area contributed by atoms with E-state index in [9.17, 15) is 0 Å². The molecular weight excluding hydrogens is 240 g/mol. The number of hydrogen-bond donors (Lipinski definition) is 2. The smallest absolute Gasteiger partial charge is 0.0507 e. The molecule has 0 spiro atoms. The van der Waals surface area contributed by atoms with Crippen LogP contribution in [-0.2, 0) is 12.1 Å². The summed E-state index contributed by atoms with van der Waals surface area (Å²) in [7, 11) is 0. The maximum absolute atomic E-state index is 6.36. The molecule has 2 rings (SSSR count). The molecule has 96 valence electrons. The molecule has 18 heavy (non-hydrogen) atoms. The zero-order chi connectivity index (χ0) is 13.0. The fraction of sp³-hybridized carbons (Fsp3) is 0.333. The molecule has 0 saturated heterocycles. The highest BCUT2D eigenvalue weighted by Crippen LogP contribution is 2.17. The lowest BCUT2D eigenvalue weighted by Gasteiger charge is -2.25. The molecule has 0 aliphatic rings. The lowest BCUT2D eigenvalue weighted by molar-refractivity contribution is 0.446. The quantitative estimate of drug-likeness (QED) is 0.867. The molecule has 0 aliphatic heterocycles. The van der Waals surface area contributed by atoms with Gasteiger partial charge >= 0.3 is 0 Å². The Hall–Kier alpha value is -1.16. The highest BCUT2D eigenvalue weighted by Gasteiger charge is 2.20. The van der Waals surface area contributed by atoms with Crippen molar-refractivity contribution in [3.63, 3.8) is 0 Å². The Morgan fingerprint density at radius 3 is 2.56 bits per heavy atom. The summed E-state index contributed by atoms with van der Waals surface area (Å²) in [6.07, 6.45) is 0. The number of rotatable bonds is 5. The van der Waals surface area contributed by atoms with Gasteiger partial charge < -0.3 is 11.1 Å². The van der Waals surface area contributed by atoms with E-state index in [1.165, 1.54) is 16.7 Å². The van der Waals surface area contributed by atoms with Crippen LogP contribution in [0.5, 0.6) is 0 Å². The highest BCUT2D eigenvalue weighted by atomic mass is 32.1. The Morgan fingerprint density at radius 1 is 1.22 bits per heavy atom. The van der Waals surface area contributed by atoms with Crippen molar-refractivity contribution < 1.29 is 0 Å². The first kappa shape index (κ1) is 13.3. The van der Waals surface area contributed by atoms with Gasteiger partial charge in [0.1, 0.15) is 0 Å². The van der Waals surface area contributed by atoms with E-state index in [-0.39, 0.29) is 5.54 Å². The lowest BCUT2D eigenvalue weighted by Crippen LogP contribution is -2.43. The largest absolute Gasteiger partial charge is 0.321 e. The summed E-state index contributed by atoms with van der Waals surface area (Å²) in [5.74, 6) is 0. The Bertz CT molecular complexity index is 488. The number of benzene rings is 1. The fourth-order valence-corrected chi connectivity index (χ4v) is 2.80. The van der Waals surface area contributed by atoms with Crippen molar-refractivity contribution in [2.75, 3.05) is 6.54 Å². The Morgan fingerprint density at radius 2 is 1.94 bits per heavy atom. The van der Waals surface area contributed by atoms with Crippen LogP contribution >= 0.6 is 11.3 Å². The van der Waals surface area contributed by atoms with Crippen LogP contribution in [0, 0.1) is 6.92 Å². The summed E-state index contributed by atoms with van der Waals surface area (Å²) in [4.78, 5) is 0. The molecule has 0 fully saturated rings. The molecule has 1 aromatic heterocycles. The SMILES string of the molecule is Cc1cscc1CNCC(C)(N)c1ccccc1. The third-order valence-corrected chi connectivity index (χ3v) is 4.11. The molecule has 0 amide bonds. The van der Waals surface area contributed by atoms with Crippen molar-refractivity contribution in [3.8, 4) is 0 Å². The van der Waals surface area contributed by atoms with E-state index in [0.29, 0.717) is 0 Å². The Balaban J connectivity index is 1.92. The van der Waals surface area contributed by atoms with E-state index in [1.807, 2.05) is 18.2 Å². The molecule has 1 heterocycles. The monoisotopic (exact) mass is 260 g/mol. The van der Waals surface area contributed by atoms with Crippen molar-refractivity contribution in [2.45, 2.75) is 25.9 Å². The summed E-state index contributed by atoms with van der Waals surface area (Å²) in [5, 5.41) is 7.82. The van der Waals surface area contributed by atoms with Crippen LogP contribution in [0.1, 0.15) is 23.6 Å². The van der Waals surface area contributed by atoms with Gasteiger partial charge in [-0.2, -0.15) is 11.3 Å². The lowest BCUT2D eigenvalue weighted by atomic mass is 9.93. The van der Waals surface area contributed by atoms with E-state index in [1.54, 1.807) is 11.3 Å². The minimum Gasteiger partial charge on any atom is -0.321 e. The average molecular weight is 260 g/mol. The van der Waals surface area contributed by atoms with Crippen LogP contribution in [-0.4, -0.2) is 6.54 Å². The van der Waals surface area contributed by atoms with E-state index in [4.69, 9.17) is 5.73 Å². The van der Waals surface area contributed by atoms with Gasteiger partial charge in [0.25, 0.3) is 0 Å². The summed E-state index contributed by atoms with van der Waals surface area (Å²) >= 11 is 1.75. The summed E-state index contributed by atoms with van der Waals surface area (Å²) in [6.45, 7) is 5.86. The molecule has 1 atom stereocenters. The second kappa shape index (κ2) is 5.65. The van der Waals surface area contributed by atoms with Crippen molar-refractivity contribution in [3.05, 3.63) is 57.8 Å². The Labute approximate surface area is 113 Å². The molecule has 0 bridgehead atoms. The van der Waals surface area contributed by atoms with Crippen molar-refractivity contribution >= 4 is 11.3 Å². The maximum Gasteiger partial charge on any atom is 0.0507 e. The summed E-state index contributed by atoms with van der Waals surface area (Å²) in [5.41, 5.74) is 9.91. The van der Waals surface area contributed by atoms with Gasteiger partial charge in [0.05, 0.1) is 5.54 Å². The van der Waals surface area contributed by atoms with Crippen LogP contribution in [0.2, 0.25) is 0 Å². The van der Waals surface area contributed by atoms with Gasteiger partial charge in [-0.3, -0.25) is 0 Å². The molecule has 0 saturated carbocycles. The summed E-state index contributed by atoms with van der Waals surface area (Å²) in [6, 6.07) is 10.2. The minimum atomic E-state index is -0.328. The van der Waals surface area contributed by atoms with Gasteiger partial charge in [0, 0.05) is 13.1 Å². The first-order chi connectivity index (χ1) is 8.59. The van der Waals surface area contributed by atoms with Crippen molar-refractivity contribution in [2.24, 2.45) is 5.73 Å². The van der Waals surface area contributed by atoms with Crippen LogP contribution in [0.25, 0.3) is 0 Å². The molecule has 3 N–H and O–H groups in total. The molecule has 2 nitrogen and oxygen atoms in total. The van der Waals surface area contributed by atoms with Crippen LogP contribution < -0.4 is 11.1 Å².